The number of hydrogen-bond acceptors (Lipinski definition) is 6. The highest BCUT2D eigenvalue weighted by molar-refractivity contribution is 6.07. The van der Waals surface area contributed by atoms with E-state index >= 15 is 0 Å². The highest BCUT2D eigenvalue weighted by Gasteiger charge is 2.22. The Morgan fingerprint density at radius 3 is 2.65 bits per heavy atom. The zero-order valence-electron chi connectivity index (χ0n) is 17.7. The zero-order chi connectivity index (χ0) is 22.3. The van der Waals surface area contributed by atoms with E-state index < -0.39 is 11.9 Å². The van der Waals surface area contributed by atoms with E-state index in [2.05, 4.69) is 16.4 Å². The van der Waals surface area contributed by atoms with Crippen LogP contribution in [0.1, 0.15) is 5.56 Å². The maximum Gasteiger partial charge on any atom is 0.156 e. The van der Waals surface area contributed by atoms with Crippen molar-refractivity contribution in [2.75, 3.05) is 26.5 Å². The van der Waals surface area contributed by atoms with E-state index in [1.807, 2.05) is 47.3 Å². The fraction of sp³-hybridized carbons (Fsp3) is 0.273. The Bertz CT molecular complexity index is 1380. The van der Waals surface area contributed by atoms with Crippen LogP contribution >= 0.6 is 0 Å². The minimum absolute atomic E-state index is 0.228. The number of anilines is 1. The highest BCUT2D eigenvalue weighted by Crippen LogP contribution is 2.35. The number of benzene rings is 1. The molecule has 0 aliphatic rings. The van der Waals surface area contributed by atoms with Crippen LogP contribution in [0.5, 0.6) is 0 Å². The molecule has 0 aliphatic heterocycles. The number of imidazole rings is 1. The molecule has 156 valence electrons. The van der Waals surface area contributed by atoms with E-state index in [1.165, 1.54) is 12.1 Å². The molecule has 0 saturated carbocycles. The van der Waals surface area contributed by atoms with E-state index in [0.29, 0.717) is 29.3 Å². The van der Waals surface area contributed by atoms with Crippen molar-refractivity contribution < 1.29 is 4.39 Å². The second-order valence-electron chi connectivity index (χ2n) is 7.59. The van der Waals surface area contributed by atoms with E-state index in [4.69, 9.17) is 4.98 Å². The number of hydrogen-bond donors (Lipinski definition) is 1. The van der Waals surface area contributed by atoms with Gasteiger partial charge >= 0.3 is 0 Å². The summed E-state index contributed by atoms with van der Waals surface area (Å²) in [6.45, 7) is 0.320. The number of rotatable bonds is 5. The number of aryl methyl sites for hydroxylation is 1. The third-order valence-electron chi connectivity index (χ3n) is 5.39. The molecule has 0 bridgehead atoms. The normalized spacial score (nSPS) is 12.3. The topological polar surface area (TPSA) is 98.5 Å². The molecule has 4 aromatic rings. The molecular weight excluding hydrogens is 395 g/mol. The van der Waals surface area contributed by atoms with Crippen LogP contribution in [0.25, 0.3) is 33.3 Å². The molecule has 0 saturated heterocycles. The minimum Gasteiger partial charge on any atom is -0.371 e. The van der Waals surface area contributed by atoms with Crippen LogP contribution in [0.2, 0.25) is 0 Å². The van der Waals surface area contributed by atoms with Crippen LogP contribution in [-0.2, 0) is 13.6 Å². The Labute approximate surface area is 178 Å². The van der Waals surface area contributed by atoms with Gasteiger partial charge in [0.2, 0.25) is 0 Å². The zero-order valence-corrected chi connectivity index (χ0v) is 17.7. The van der Waals surface area contributed by atoms with Crippen molar-refractivity contribution >= 4 is 27.9 Å². The van der Waals surface area contributed by atoms with E-state index in [1.54, 1.807) is 19.4 Å². The minimum atomic E-state index is -0.496. The van der Waals surface area contributed by atoms with Gasteiger partial charge in [0.25, 0.3) is 0 Å². The standard InChI is InChI=1S/C22H21FN8/c1-26-21-19-20(30(4)12-27-19)17-8-18(14-5-13(9-24)6-15(23)7-14)31(22(17)28-21)11-16(10-25)29(2)3/h5-8,12,16H,11H2,1-4H3,(H,26,28). The molecule has 0 radical (unpaired) electrons. The predicted octanol–water partition coefficient (Wildman–Crippen LogP) is 3.10. The number of nitriles is 2. The molecule has 4 rings (SSSR count). The molecular formula is C22H21FN8. The van der Waals surface area contributed by atoms with Gasteiger partial charge in [0.1, 0.15) is 23.0 Å². The first-order chi connectivity index (χ1) is 14.9. The van der Waals surface area contributed by atoms with Gasteiger partial charge in [-0.25, -0.2) is 14.4 Å². The third-order valence-corrected chi connectivity index (χ3v) is 5.39. The van der Waals surface area contributed by atoms with Gasteiger partial charge in [-0.3, -0.25) is 4.90 Å². The van der Waals surface area contributed by atoms with E-state index in [0.717, 1.165) is 16.4 Å². The summed E-state index contributed by atoms with van der Waals surface area (Å²) < 4.78 is 18.1. The lowest BCUT2D eigenvalue weighted by molar-refractivity contribution is 0.322. The molecule has 1 unspecified atom stereocenters. The second kappa shape index (κ2) is 7.71. The summed E-state index contributed by atoms with van der Waals surface area (Å²) >= 11 is 0. The summed E-state index contributed by atoms with van der Waals surface area (Å²) in [5.74, 6) is 0.120. The summed E-state index contributed by atoms with van der Waals surface area (Å²) in [5, 5.41) is 22.9. The first-order valence-corrected chi connectivity index (χ1v) is 9.67. The van der Waals surface area contributed by atoms with Gasteiger partial charge in [-0.2, -0.15) is 10.5 Å². The lowest BCUT2D eigenvalue weighted by Gasteiger charge is -2.20. The molecule has 3 heterocycles. The Hall–Kier alpha value is -3.95. The van der Waals surface area contributed by atoms with Crippen molar-refractivity contribution in [3.8, 4) is 23.4 Å². The van der Waals surface area contributed by atoms with E-state index in [9.17, 15) is 14.9 Å². The van der Waals surface area contributed by atoms with Crippen LogP contribution in [-0.4, -0.2) is 51.2 Å². The van der Waals surface area contributed by atoms with Gasteiger partial charge in [-0.1, -0.05) is 0 Å². The largest absolute Gasteiger partial charge is 0.371 e. The number of aromatic nitrogens is 4. The molecule has 0 amide bonds. The molecule has 1 atom stereocenters. The highest BCUT2D eigenvalue weighted by atomic mass is 19.1. The average molecular weight is 416 g/mol. The van der Waals surface area contributed by atoms with Crippen molar-refractivity contribution in [1.29, 1.82) is 10.5 Å². The van der Waals surface area contributed by atoms with Crippen LogP contribution in [0.3, 0.4) is 0 Å². The van der Waals surface area contributed by atoms with E-state index in [-0.39, 0.29) is 5.56 Å². The van der Waals surface area contributed by atoms with Gasteiger partial charge < -0.3 is 14.5 Å². The Kier molecular flexibility index (Phi) is 5.05. The number of likely N-dealkylation sites (N-methyl/N-ethyl adjacent to an activating group) is 1. The Morgan fingerprint density at radius 2 is 2.00 bits per heavy atom. The van der Waals surface area contributed by atoms with Crippen molar-refractivity contribution in [3.05, 3.63) is 42.0 Å². The van der Waals surface area contributed by atoms with Crippen LogP contribution in [0.4, 0.5) is 10.2 Å². The summed E-state index contributed by atoms with van der Waals surface area (Å²) in [6, 6.07) is 10.0. The monoisotopic (exact) mass is 416 g/mol. The predicted molar refractivity (Wildman–Crippen MR) is 117 cm³/mol. The molecule has 9 heteroatoms. The molecule has 31 heavy (non-hydrogen) atoms. The first kappa shape index (κ1) is 20.3. The second-order valence-corrected chi connectivity index (χ2v) is 7.59. The smallest absolute Gasteiger partial charge is 0.156 e. The van der Waals surface area contributed by atoms with Crippen LogP contribution < -0.4 is 5.32 Å². The number of nitrogens with zero attached hydrogens (tertiary/aromatic N) is 7. The maximum absolute atomic E-state index is 14.3. The maximum atomic E-state index is 14.3. The lowest BCUT2D eigenvalue weighted by Crippen LogP contribution is -2.31. The molecule has 1 N–H and O–H groups in total. The Balaban J connectivity index is 2.10. The van der Waals surface area contributed by atoms with Crippen molar-refractivity contribution in [1.82, 2.24) is 24.0 Å². The third kappa shape index (κ3) is 3.35. The summed E-state index contributed by atoms with van der Waals surface area (Å²) in [5.41, 5.74) is 3.71. The van der Waals surface area contributed by atoms with Gasteiger partial charge in [0.15, 0.2) is 5.82 Å². The summed E-state index contributed by atoms with van der Waals surface area (Å²) in [6.07, 6.45) is 1.72. The lowest BCUT2D eigenvalue weighted by atomic mass is 10.1. The molecule has 0 aliphatic carbocycles. The fourth-order valence-electron chi connectivity index (χ4n) is 3.81. The van der Waals surface area contributed by atoms with Gasteiger partial charge in [-0.15, -0.1) is 0 Å². The first-order valence-electron chi connectivity index (χ1n) is 9.67. The van der Waals surface area contributed by atoms with Gasteiger partial charge in [0, 0.05) is 25.0 Å². The Morgan fingerprint density at radius 1 is 1.23 bits per heavy atom. The van der Waals surface area contributed by atoms with Gasteiger partial charge in [-0.05, 0) is 38.4 Å². The van der Waals surface area contributed by atoms with Crippen molar-refractivity contribution in [2.24, 2.45) is 7.05 Å². The van der Waals surface area contributed by atoms with Gasteiger partial charge in [0.05, 0.1) is 41.8 Å². The number of fused-ring (bicyclic) bond motifs is 3. The summed E-state index contributed by atoms with van der Waals surface area (Å²) in [4.78, 5) is 11.1. The molecule has 0 spiro atoms. The number of nitrogens with one attached hydrogen (secondary N) is 1. The molecule has 3 aromatic heterocycles. The molecule has 8 nitrogen and oxygen atoms in total. The van der Waals surface area contributed by atoms with Crippen LogP contribution in [0, 0.1) is 28.5 Å². The van der Waals surface area contributed by atoms with Crippen LogP contribution in [0.15, 0.2) is 30.6 Å². The fourth-order valence-corrected chi connectivity index (χ4v) is 3.81. The quantitative estimate of drug-likeness (QED) is 0.537. The summed E-state index contributed by atoms with van der Waals surface area (Å²) in [7, 11) is 7.35. The van der Waals surface area contributed by atoms with Crippen molar-refractivity contribution in [3.63, 3.8) is 0 Å². The average Bonchev–Trinajstić information content (AvgIpc) is 3.31. The molecule has 1 aromatic carbocycles. The number of pyridine rings is 1. The SMILES string of the molecule is CNc1nc2c(cc(-c3cc(F)cc(C#N)c3)n2CC(C#N)N(C)C)c2c1ncn2C. The number of halogens is 1. The molecule has 0 fully saturated rings. The van der Waals surface area contributed by atoms with Crippen molar-refractivity contribution in [2.45, 2.75) is 12.6 Å².